The highest BCUT2D eigenvalue weighted by Gasteiger charge is 2.19. The number of aromatic nitrogens is 1. The maximum absolute atomic E-state index is 12.0. The highest BCUT2D eigenvalue weighted by atomic mass is 79.9. The molecule has 0 saturated carbocycles. The molecular weight excluding hydrogens is 402 g/mol. The van der Waals surface area contributed by atoms with E-state index in [1.807, 2.05) is 54.6 Å². The van der Waals surface area contributed by atoms with Crippen molar-refractivity contribution < 1.29 is 14.3 Å². The van der Waals surface area contributed by atoms with Gasteiger partial charge >= 0.3 is 5.97 Å². The molecule has 0 saturated heterocycles. The second-order valence-corrected chi connectivity index (χ2v) is 6.65. The van der Waals surface area contributed by atoms with E-state index in [0.717, 1.165) is 22.1 Å². The standard InChI is InChI=1S/C19H16BrNO3S/c1-2-23-19(22)17-16(12-20)21-18(25-17)13-8-10-15(11-9-13)24-14-6-4-3-5-7-14/h3-11H,2,12H2,1H3. The summed E-state index contributed by atoms with van der Waals surface area (Å²) in [5, 5.41) is 1.29. The normalized spacial score (nSPS) is 10.5. The van der Waals surface area contributed by atoms with Crippen molar-refractivity contribution in [2.24, 2.45) is 0 Å². The van der Waals surface area contributed by atoms with Crippen LogP contribution in [0.5, 0.6) is 11.5 Å². The van der Waals surface area contributed by atoms with E-state index < -0.39 is 0 Å². The number of benzene rings is 2. The molecule has 0 unspecified atom stereocenters. The Labute approximate surface area is 158 Å². The Morgan fingerprint density at radius 1 is 1.08 bits per heavy atom. The smallest absolute Gasteiger partial charge is 0.350 e. The minimum Gasteiger partial charge on any atom is -0.462 e. The van der Waals surface area contributed by atoms with Crippen LogP contribution in [0.15, 0.2) is 54.6 Å². The Hall–Kier alpha value is -2.18. The van der Waals surface area contributed by atoms with Crippen LogP contribution >= 0.6 is 27.3 Å². The van der Waals surface area contributed by atoms with Crippen LogP contribution in [0.4, 0.5) is 0 Å². The third kappa shape index (κ3) is 4.27. The average molecular weight is 418 g/mol. The molecule has 0 aliphatic heterocycles. The van der Waals surface area contributed by atoms with E-state index in [2.05, 4.69) is 20.9 Å². The van der Waals surface area contributed by atoms with E-state index in [0.29, 0.717) is 22.5 Å². The first kappa shape index (κ1) is 17.6. The number of esters is 1. The molecule has 128 valence electrons. The number of ether oxygens (including phenoxy) is 2. The van der Waals surface area contributed by atoms with Crippen LogP contribution in [0, 0.1) is 0 Å². The zero-order chi connectivity index (χ0) is 17.6. The van der Waals surface area contributed by atoms with E-state index in [9.17, 15) is 4.79 Å². The minimum atomic E-state index is -0.329. The van der Waals surface area contributed by atoms with Crippen molar-refractivity contribution >= 4 is 33.2 Å². The lowest BCUT2D eigenvalue weighted by atomic mass is 10.2. The van der Waals surface area contributed by atoms with Gasteiger partial charge in [0, 0.05) is 10.9 Å². The van der Waals surface area contributed by atoms with Gasteiger partial charge in [-0.3, -0.25) is 0 Å². The van der Waals surface area contributed by atoms with Crippen LogP contribution in [-0.4, -0.2) is 17.6 Å². The third-order valence-corrected chi connectivity index (χ3v) is 5.02. The number of halogens is 1. The summed E-state index contributed by atoms with van der Waals surface area (Å²) < 4.78 is 10.9. The largest absolute Gasteiger partial charge is 0.462 e. The summed E-state index contributed by atoms with van der Waals surface area (Å²) in [6.45, 7) is 2.14. The molecule has 6 heteroatoms. The summed E-state index contributed by atoms with van der Waals surface area (Å²) >= 11 is 4.72. The van der Waals surface area contributed by atoms with Crippen LogP contribution in [0.2, 0.25) is 0 Å². The maximum Gasteiger partial charge on any atom is 0.350 e. The van der Waals surface area contributed by atoms with Gasteiger partial charge in [-0.25, -0.2) is 9.78 Å². The highest BCUT2D eigenvalue weighted by molar-refractivity contribution is 9.08. The molecule has 0 atom stereocenters. The van der Waals surface area contributed by atoms with E-state index in [1.165, 1.54) is 11.3 Å². The molecule has 1 heterocycles. The van der Waals surface area contributed by atoms with Gasteiger partial charge in [-0.15, -0.1) is 11.3 Å². The van der Waals surface area contributed by atoms with Gasteiger partial charge in [0.1, 0.15) is 21.4 Å². The minimum absolute atomic E-state index is 0.329. The second-order valence-electron chi connectivity index (χ2n) is 5.09. The molecule has 3 aromatic rings. The molecule has 0 fully saturated rings. The fourth-order valence-electron chi connectivity index (χ4n) is 2.21. The zero-order valence-corrected chi connectivity index (χ0v) is 16.0. The van der Waals surface area contributed by atoms with Gasteiger partial charge in [0.2, 0.25) is 0 Å². The van der Waals surface area contributed by atoms with E-state index in [-0.39, 0.29) is 5.97 Å². The van der Waals surface area contributed by atoms with Gasteiger partial charge in [0.05, 0.1) is 12.3 Å². The SMILES string of the molecule is CCOC(=O)c1sc(-c2ccc(Oc3ccccc3)cc2)nc1CBr. The second kappa shape index (κ2) is 8.27. The number of rotatable bonds is 6. The Morgan fingerprint density at radius 3 is 2.40 bits per heavy atom. The van der Waals surface area contributed by atoms with E-state index >= 15 is 0 Å². The average Bonchev–Trinajstić information content (AvgIpc) is 3.08. The molecule has 0 radical (unpaired) electrons. The molecule has 25 heavy (non-hydrogen) atoms. The first-order chi connectivity index (χ1) is 12.2. The van der Waals surface area contributed by atoms with Gasteiger partial charge in [0.25, 0.3) is 0 Å². The number of carbonyl (C=O) groups excluding carboxylic acids is 1. The summed E-state index contributed by atoms with van der Waals surface area (Å²) in [4.78, 5) is 17.1. The van der Waals surface area contributed by atoms with Crippen LogP contribution in [0.3, 0.4) is 0 Å². The molecule has 4 nitrogen and oxygen atoms in total. The molecule has 2 aromatic carbocycles. The van der Waals surface area contributed by atoms with Gasteiger partial charge in [0.15, 0.2) is 0 Å². The van der Waals surface area contributed by atoms with Crippen LogP contribution in [0.25, 0.3) is 10.6 Å². The summed E-state index contributed by atoms with van der Waals surface area (Å²) in [5.41, 5.74) is 1.63. The van der Waals surface area contributed by atoms with Crippen molar-refractivity contribution in [3.05, 3.63) is 65.2 Å². The molecule has 0 aliphatic rings. The Balaban J connectivity index is 1.81. The molecule has 0 spiro atoms. The molecule has 1 aromatic heterocycles. The van der Waals surface area contributed by atoms with Crippen LogP contribution in [-0.2, 0) is 10.1 Å². The van der Waals surface area contributed by atoms with Gasteiger partial charge in [-0.1, -0.05) is 34.1 Å². The first-order valence-electron chi connectivity index (χ1n) is 7.77. The van der Waals surface area contributed by atoms with Crippen molar-refractivity contribution in [1.29, 1.82) is 0 Å². The van der Waals surface area contributed by atoms with Crippen molar-refractivity contribution in [3.8, 4) is 22.1 Å². The lowest BCUT2D eigenvalue weighted by Gasteiger charge is -2.05. The number of alkyl halides is 1. The van der Waals surface area contributed by atoms with Crippen LogP contribution < -0.4 is 4.74 Å². The predicted octanol–water partition coefficient (Wildman–Crippen LogP) is 5.67. The van der Waals surface area contributed by atoms with Crippen molar-refractivity contribution in [2.75, 3.05) is 6.61 Å². The van der Waals surface area contributed by atoms with Gasteiger partial charge < -0.3 is 9.47 Å². The molecule has 0 amide bonds. The topological polar surface area (TPSA) is 48.4 Å². The Morgan fingerprint density at radius 2 is 1.76 bits per heavy atom. The molecule has 0 aliphatic carbocycles. The molecule has 0 bridgehead atoms. The number of nitrogens with zero attached hydrogens (tertiary/aromatic N) is 1. The number of carbonyl (C=O) groups is 1. The lowest BCUT2D eigenvalue weighted by molar-refractivity contribution is 0.0531. The predicted molar refractivity (Wildman–Crippen MR) is 103 cm³/mol. The monoisotopic (exact) mass is 417 g/mol. The van der Waals surface area contributed by atoms with E-state index in [4.69, 9.17) is 9.47 Å². The Kier molecular flexibility index (Phi) is 5.83. The molecule has 3 rings (SSSR count). The fourth-order valence-corrected chi connectivity index (χ4v) is 3.78. The summed E-state index contributed by atoms with van der Waals surface area (Å²) in [6.07, 6.45) is 0. The quantitative estimate of drug-likeness (QED) is 0.382. The summed E-state index contributed by atoms with van der Waals surface area (Å²) in [5.74, 6) is 1.21. The van der Waals surface area contributed by atoms with Gasteiger partial charge in [-0.2, -0.15) is 0 Å². The lowest BCUT2D eigenvalue weighted by Crippen LogP contribution is -2.04. The number of hydrogen-bond donors (Lipinski definition) is 0. The zero-order valence-electron chi connectivity index (χ0n) is 13.6. The number of para-hydroxylation sites is 1. The fraction of sp³-hybridized carbons (Fsp3) is 0.158. The van der Waals surface area contributed by atoms with Crippen molar-refractivity contribution in [3.63, 3.8) is 0 Å². The number of thiazole rings is 1. The maximum atomic E-state index is 12.0. The summed E-state index contributed by atoms with van der Waals surface area (Å²) in [6, 6.07) is 17.3. The summed E-state index contributed by atoms with van der Waals surface area (Å²) in [7, 11) is 0. The van der Waals surface area contributed by atoms with Gasteiger partial charge in [-0.05, 0) is 43.3 Å². The highest BCUT2D eigenvalue weighted by Crippen LogP contribution is 2.31. The molecule has 0 N–H and O–H groups in total. The third-order valence-electron chi connectivity index (χ3n) is 3.36. The first-order valence-corrected chi connectivity index (χ1v) is 9.71. The number of hydrogen-bond acceptors (Lipinski definition) is 5. The Bertz CT molecular complexity index is 847. The van der Waals surface area contributed by atoms with Crippen molar-refractivity contribution in [1.82, 2.24) is 4.98 Å². The van der Waals surface area contributed by atoms with Crippen LogP contribution in [0.1, 0.15) is 22.3 Å². The van der Waals surface area contributed by atoms with E-state index in [1.54, 1.807) is 6.92 Å². The van der Waals surface area contributed by atoms with Crippen molar-refractivity contribution in [2.45, 2.75) is 12.3 Å². The molecular formula is C19H16BrNO3S.